The normalized spacial score (nSPS) is 33.7. The minimum atomic E-state index is -0.0358. The number of hydrogen-bond donors (Lipinski definition) is 1. The van der Waals surface area contributed by atoms with Gasteiger partial charge in [0.05, 0.1) is 25.4 Å². The Morgan fingerprint density at radius 1 is 1.60 bits per heavy atom. The van der Waals surface area contributed by atoms with E-state index in [1.807, 2.05) is 11.8 Å². The van der Waals surface area contributed by atoms with Crippen molar-refractivity contribution in [2.24, 2.45) is 0 Å². The average Bonchev–Trinajstić information content (AvgIpc) is 2.50. The number of morpholine rings is 1. The Balaban J connectivity index is 1.83. The lowest BCUT2D eigenvalue weighted by atomic mass is 10.2. The van der Waals surface area contributed by atoms with Gasteiger partial charge in [-0.15, -0.1) is 0 Å². The number of nitrogens with one attached hydrogen (secondary N) is 1. The molecule has 2 fully saturated rings. The number of hydrogen-bond acceptors (Lipinski definition) is 4. The summed E-state index contributed by atoms with van der Waals surface area (Å²) in [5, 5.41) is 3.13. The van der Waals surface area contributed by atoms with E-state index in [0.717, 1.165) is 19.7 Å². The lowest BCUT2D eigenvalue weighted by Gasteiger charge is -2.32. The van der Waals surface area contributed by atoms with Gasteiger partial charge in [-0.05, 0) is 14.0 Å². The summed E-state index contributed by atoms with van der Waals surface area (Å²) in [6.07, 6.45) is 0.166. The van der Waals surface area contributed by atoms with Crippen LogP contribution in [0.5, 0.6) is 0 Å². The predicted octanol–water partition coefficient (Wildman–Crippen LogP) is -0.905. The highest BCUT2D eigenvalue weighted by atomic mass is 16.5. The quantitative estimate of drug-likeness (QED) is 0.645. The van der Waals surface area contributed by atoms with E-state index in [0.29, 0.717) is 13.2 Å². The molecule has 2 heterocycles. The molecule has 2 saturated heterocycles. The SMILES string of the molecule is CC1NCN(CC2CN(C)CCO2)C1=O. The summed E-state index contributed by atoms with van der Waals surface area (Å²) in [5.41, 5.74) is 0. The maximum absolute atomic E-state index is 11.7. The third-order valence-corrected chi connectivity index (χ3v) is 3.04. The molecular formula is C10H19N3O2. The Labute approximate surface area is 90.4 Å². The van der Waals surface area contributed by atoms with Gasteiger partial charge < -0.3 is 14.5 Å². The van der Waals surface area contributed by atoms with Crippen LogP contribution in [0.25, 0.3) is 0 Å². The highest BCUT2D eigenvalue weighted by Gasteiger charge is 2.30. The molecule has 0 aromatic carbocycles. The zero-order chi connectivity index (χ0) is 10.8. The first-order valence-corrected chi connectivity index (χ1v) is 5.49. The Hall–Kier alpha value is -0.650. The second-order valence-electron chi connectivity index (χ2n) is 4.40. The molecule has 2 atom stereocenters. The highest BCUT2D eigenvalue weighted by molar-refractivity contribution is 5.83. The molecule has 2 aliphatic heterocycles. The molecule has 15 heavy (non-hydrogen) atoms. The molecule has 2 rings (SSSR count). The van der Waals surface area contributed by atoms with Gasteiger partial charge in [0.15, 0.2) is 0 Å². The second kappa shape index (κ2) is 4.47. The van der Waals surface area contributed by atoms with Crippen LogP contribution in [0.15, 0.2) is 0 Å². The molecule has 0 bridgehead atoms. The minimum absolute atomic E-state index is 0.0358. The zero-order valence-electron chi connectivity index (χ0n) is 9.40. The lowest BCUT2D eigenvalue weighted by molar-refractivity contribution is -0.131. The molecule has 1 N–H and O–H groups in total. The first-order valence-electron chi connectivity index (χ1n) is 5.49. The average molecular weight is 213 g/mol. The molecule has 2 aliphatic rings. The van der Waals surface area contributed by atoms with Crippen LogP contribution in [0.1, 0.15) is 6.92 Å². The van der Waals surface area contributed by atoms with Crippen LogP contribution >= 0.6 is 0 Å². The fourth-order valence-electron chi connectivity index (χ4n) is 2.06. The molecule has 0 aromatic rings. The number of rotatable bonds is 2. The lowest BCUT2D eigenvalue weighted by Crippen LogP contribution is -2.46. The molecule has 0 radical (unpaired) electrons. The van der Waals surface area contributed by atoms with E-state index >= 15 is 0 Å². The first kappa shape index (κ1) is 10.9. The van der Waals surface area contributed by atoms with Gasteiger partial charge in [-0.2, -0.15) is 0 Å². The molecular weight excluding hydrogens is 194 g/mol. The van der Waals surface area contributed by atoms with Crippen molar-refractivity contribution >= 4 is 5.91 Å². The Bertz CT molecular complexity index is 247. The number of carbonyl (C=O) groups excluding carboxylic acids is 1. The van der Waals surface area contributed by atoms with E-state index in [1.165, 1.54) is 0 Å². The minimum Gasteiger partial charge on any atom is -0.374 e. The molecule has 2 unspecified atom stereocenters. The molecule has 0 saturated carbocycles. The molecule has 5 nitrogen and oxygen atoms in total. The maximum Gasteiger partial charge on any atom is 0.240 e. The van der Waals surface area contributed by atoms with Crippen molar-refractivity contribution in [3.05, 3.63) is 0 Å². The van der Waals surface area contributed by atoms with Gasteiger partial charge in [-0.25, -0.2) is 0 Å². The van der Waals surface area contributed by atoms with E-state index in [2.05, 4.69) is 17.3 Å². The van der Waals surface area contributed by atoms with Gasteiger partial charge in [0, 0.05) is 19.6 Å². The first-order chi connectivity index (χ1) is 7.16. The second-order valence-corrected chi connectivity index (χ2v) is 4.40. The molecule has 1 amide bonds. The van der Waals surface area contributed by atoms with Gasteiger partial charge in [-0.3, -0.25) is 10.1 Å². The fourth-order valence-corrected chi connectivity index (χ4v) is 2.06. The highest BCUT2D eigenvalue weighted by Crippen LogP contribution is 2.09. The summed E-state index contributed by atoms with van der Waals surface area (Å²) in [7, 11) is 2.09. The molecule has 0 aromatic heterocycles. The maximum atomic E-state index is 11.7. The topological polar surface area (TPSA) is 44.8 Å². The van der Waals surface area contributed by atoms with Crippen LogP contribution in [0.3, 0.4) is 0 Å². The summed E-state index contributed by atoms with van der Waals surface area (Å²) >= 11 is 0. The molecule has 0 aliphatic carbocycles. The predicted molar refractivity (Wildman–Crippen MR) is 56.4 cm³/mol. The molecule has 0 spiro atoms. The standard InChI is InChI=1S/C10H19N3O2/c1-8-10(14)13(7-11-8)6-9-5-12(2)3-4-15-9/h8-9,11H,3-7H2,1-2H3. The van der Waals surface area contributed by atoms with Crippen LogP contribution in [0, 0.1) is 0 Å². The van der Waals surface area contributed by atoms with E-state index in [4.69, 9.17) is 4.74 Å². The Morgan fingerprint density at radius 3 is 3.00 bits per heavy atom. The summed E-state index contributed by atoms with van der Waals surface area (Å²) < 4.78 is 5.63. The van der Waals surface area contributed by atoms with Crippen molar-refractivity contribution in [3.63, 3.8) is 0 Å². The van der Waals surface area contributed by atoms with Gasteiger partial charge in [0.1, 0.15) is 0 Å². The van der Waals surface area contributed by atoms with Crippen LogP contribution in [0.2, 0.25) is 0 Å². The van der Waals surface area contributed by atoms with Crippen molar-refractivity contribution < 1.29 is 9.53 Å². The van der Waals surface area contributed by atoms with Crippen molar-refractivity contribution in [2.45, 2.75) is 19.1 Å². The third kappa shape index (κ3) is 2.48. The van der Waals surface area contributed by atoms with Crippen LogP contribution in [0.4, 0.5) is 0 Å². The number of ether oxygens (including phenoxy) is 1. The number of amides is 1. The van der Waals surface area contributed by atoms with E-state index in [9.17, 15) is 4.79 Å². The van der Waals surface area contributed by atoms with Crippen LogP contribution in [-0.4, -0.2) is 67.8 Å². The fraction of sp³-hybridized carbons (Fsp3) is 0.900. The third-order valence-electron chi connectivity index (χ3n) is 3.04. The Morgan fingerprint density at radius 2 is 2.40 bits per heavy atom. The van der Waals surface area contributed by atoms with Gasteiger partial charge in [0.2, 0.25) is 5.91 Å². The zero-order valence-corrected chi connectivity index (χ0v) is 9.40. The summed E-state index contributed by atoms with van der Waals surface area (Å²) in [6, 6.07) is -0.0358. The summed E-state index contributed by atoms with van der Waals surface area (Å²) in [5.74, 6) is 0.187. The van der Waals surface area contributed by atoms with E-state index < -0.39 is 0 Å². The van der Waals surface area contributed by atoms with E-state index in [-0.39, 0.29) is 18.1 Å². The van der Waals surface area contributed by atoms with Crippen LogP contribution in [-0.2, 0) is 9.53 Å². The Kier molecular flexibility index (Phi) is 3.23. The molecule has 86 valence electrons. The van der Waals surface area contributed by atoms with Crippen molar-refractivity contribution in [3.8, 4) is 0 Å². The number of nitrogens with zero attached hydrogens (tertiary/aromatic N) is 2. The smallest absolute Gasteiger partial charge is 0.240 e. The number of carbonyl (C=O) groups is 1. The monoisotopic (exact) mass is 213 g/mol. The van der Waals surface area contributed by atoms with Crippen LogP contribution < -0.4 is 5.32 Å². The molecule has 5 heteroatoms. The summed E-state index contributed by atoms with van der Waals surface area (Å²) in [6.45, 7) is 5.93. The van der Waals surface area contributed by atoms with Gasteiger partial charge in [-0.1, -0.05) is 0 Å². The largest absolute Gasteiger partial charge is 0.374 e. The van der Waals surface area contributed by atoms with Gasteiger partial charge >= 0.3 is 0 Å². The number of likely N-dealkylation sites (N-methyl/N-ethyl adjacent to an activating group) is 1. The van der Waals surface area contributed by atoms with Crippen molar-refractivity contribution in [2.75, 3.05) is 40.0 Å². The van der Waals surface area contributed by atoms with Crippen molar-refractivity contribution in [1.29, 1.82) is 0 Å². The van der Waals surface area contributed by atoms with Gasteiger partial charge in [0.25, 0.3) is 0 Å². The van der Waals surface area contributed by atoms with Crippen molar-refractivity contribution in [1.82, 2.24) is 15.1 Å². The summed E-state index contributed by atoms with van der Waals surface area (Å²) in [4.78, 5) is 15.7. The van der Waals surface area contributed by atoms with E-state index in [1.54, 1.807) is 0 Å².